The lowest BCUT2D eigenvalue weighted by atomic mass is 10.1. The SMILES string of the molecule is O=C(NCc1ccccc1[N+](=O)[O-])c1cccnc1. The summed E-state index contributed by atoms with van der Waals surface area (Å²) in [6.45, 7) is 0.102. The molecule has 0 aliphatic heterocycles. The molecular weight excluding hydrogens is 246 g/mol. The van der Waals surface area contributed by atoms with Gasteiger partial charge in [0, 0.05) is 30.6 Å². The van der Waals surface area contributed by atoms with Gasteiger partial charge in [0.05, 0.1) is 10.5 Å². The number of aromatic nitrogens is 1. The van der Waals surface area contributed by atoms with Gasteiger partial charge in [-0.1, -0.05) is 18.2 Å². The first-order chi connectivity index (χ1) is 9.18. The van der Waals surface area contributed by atoms with Gasteiger partial charge < -0.3 is 5.32 Å². The van der Waals surface area contributed by atoms with Crippen molar-refractivity contribution in [1.29, 1.82) is 0 Å². The molecule has 6 heteroatoms. The predicted molar refractivity (Wildman–Crippen MR) is 68.5 cm³/mol. The number of hydrogen-bond acceptors (Lipinski definition) is 4. The molecule has 0 bridgehead atoms. The molecule has 6 nitrogen and oxygen atoms in total. The molecule has 19 heavy (non-hydrogen) atoms. The van der Waals surface area contributed by atoms with Crippen LogP contribution in [0.4, 0.5) is 5.69 Å². The van der Waals surface area contributed by atoms with Gasteiger partial charge >= 0.3 is 0 Å². The highest BCUT2D eigenvalue weighted by atomic mass is 16.6. The second-order valence-electron chi connectivity index (χ2n) is 3.81. The van der Waals surface area contributed by atoms with E-state index in [0.717, 1.165) is 0 Å². The molecule has 0 atom stereocenters. The maximum atomic E-state index is 11.8. The Balaban J connectivity index is 2.07. The number of para-hydroxylation sites is 1. The van der Waals surface area contributed by atoms with Crippen LogP contribution >= 0.6 is 0 Å². The first-order valence-electron chi connectivity index (χ1n) is 5.59. The normalized spacial score (nSPS) is 9.89. The highest BCUT2D eigenvalue weighted by Gasteiger charge is 2.13. The number of nitro benzene ring substituents is 1. The second kappa shape index (κ2) is 5.72. The van der Waals surface area contributed by atoms with Crippen molar-refractivity contribution in [3.63, 3.8) is 0 Å². The molecule has 0 fully saturated rings. The van der Waals surface area contributed by atoms with Crippen LogP contribution in [0.15, 0.2) is 48.8 Å². The van der Waals surface area contributed by atoms with Crippen molar-refractivity contribution in [3.05, 3.63) is 70.0 Å². The zero-order chi connectivity index (χ0) is 13.7. The second-order valence-corrected chi connectivity index (χ2v) is 3.81. The van der Waals surface area contributed by atoms with Crippen molar-refractivity contribution in [3.8, 4) is 0 Å². The fourth-order valence-corrected chi connectivity index (χ4v) is 1.61. The maximum Gasteiger partial charge on any atom is 0.274 e. The van der Waals surface area contributed by atoms with Crippen LogP contribution in [0.3, 0.4) is 0 Å². The van der Waals surface area contributed by atoms with Crippen molar-refractivity contribution in [2.24, 2.45) is 0 Å². The van der Waals surface area contributed by atoms with Crippen LogP contribution in [-0.2, 0) is 6.54 Å². The number of carbonyl (C=O) groups excluding carboxylic acids is 1. The van der Waals surface area contributed by atoms with Gasteiger partial charge in [-0.2, -0.15) is 0 Å². The fraction of sp³-hybridized carbons (Fsp3) is 0.0769. The third kappa shape index (κ3) is 3.12. The standard InChI is InChI=1S/C13H11N3O3/c17-13(11-5-3-7-14-8-11)15-9-10-4-1-2-6-12(10)16(18)19/h1-8H,9H2,(H,15,17). The summed E-state index contributed by atoms with van der Waals surface area (Å²) in [5.41, 5.74) is 0.875. The Morgan fingerprint density at radius 2 is 2.05 bits per heavy atom. The first-order valence-corrected chi connectivity index (χ1v) is 5.59. The van der Waals surface area contributed by atoms with Gasteiger partial charge in [0.25, 0.3) is 11.6 Å². The minimum Gasteiger partial charge on any atom is -0.348 e. The molecule has 0 unspecified atom stereocenters. The number of rotatable bonds is 4. The molecule has 0 radical (unpaired) electrons. The van der Waals surface area contributed by atoms with Crippen LogP contribution in [0.5, 0.6) is 0 Å². The number of nitro groups is 1. The zero-order valence-electron chi connectivity index (χ0n) is 9.95. The number of hydrogen-bond donors (Lipinski definition) is 1. The van der Waals surface area contributed by atoms with Crippen LogP contribution in [0.2, 0.25) is 0 Å². The highest BCUT2D eigenvalue weighted by Crippen LogP contribution is 2.17. The highest BCUT2D eigenvalue weighted by molar-refractivity contribution is 5.93. The number of pyridine rings is 1. The van der Waals surface area contributed by atoms with Gasteiger partial charge in [-0.15, -0.1) is 0 Å². The first kappa shape index (κ1) is 12.7. The Kier molecular flexibility index (Phi) is 3.82. The quantitative estimate of drug-likeness (QED) is 0.669. The van der Waals surface area contributed by atoms with E-state index in [1.54, 1.807) is 36.5 Å². The molecule has 0 saturated carbocycles. The van der Waals surface area contributed by atoms with E-state index in [1.165, 1.54) is 12.3 Å². The largest absolute Gasteiger partial charge is 0.348 e. The van der Waals surface area contributed by atoms with Crippen LogP contribution < -0.4 is 5.32 Å². The lowest BCUT2D eigenvalue weighted by Gasteiger charge is -2.05. The van der Waals surface area contributed by atoms with Gasteiger partial charge in [0.1, 0.15) is 0 Å². The topological polar surface area (TPSA) is 85.1 Å². The minimum absolute atomic E-state index is 0.00557. The summed E-state index contributed by atoms with van der Waals surface area (Å²) in [6.07, 6.45) is 3.01. The number of carbonyl (C=O) groups is 1. The van der Waals surface area contributed by atoms with Gasteiger partial charge in [-0.25, -0.2) is 0 Å². The van der Waals surface area contributed by atoms with Crippen LogP contribution in [0, 0.1) is 10.1 Å². The van der Waals surface area contributed by atoms with Gasteiger partial charge in [0.2, 0.25) is 0 Å². The Morgan fingerprint density at radius 3 is 2.74 bits per heavy atom. The molecule has 2 rings (SSSR count). The molecule has 1 aromatic heterocycles. The number of amides is 1. The van der Waals surface area contributed by atoms with E-state index in [1.807, 2.05) is 0 Å². The molecule has 0 aliphatic rings. The Bertz CT molecular complexity index is 599. The van der Waals surface area contributed by atoms with E-state index in [2.05, 4.69) is 10.3 Å². The third-order valence-electron chi connectivity index (χ3n) is 2.55. The number of nitrogens with zero attached hydrogens (tertiary/aromatic N) is 2. The summed E-state index contributed by atoms with van der Waals surface area (Å²) in [5.74, 6) is -0.314. The molecule has 1 heterocycles. The fourth-order valence-electron chi connectivity index (χ4n) is 1.61. The van der Waals surface area contributed by atoms with Crippen LogP contribution in [0.1, 0.15) is 15.9 Å². The Hall–Kier alpha value is -2.76. The molecule has 0 aliphatic carbocycles. The van der Waals surface area contributed by atoms with Gasteiger partial charge in [0.15, 0.2) is 0 Å². The third-order valence-corrected chi connectivity index (χ3v) is 2.55. The Morgan fingerprint density at radius 1 is 1.26 bits per heavy atom. The van der Waals surface area contributed by atoms with Gasteiger partial charge in [-0.3, -0.25) is 19.9 Å². The molecule has 1 aromatic carbocycles. The van der Waals surface area contributed by atoms with Crippen LogP contribution in [-0.4, -0.2) is 15.8 Å². The minimum atomic E-state index is -0.467. The average molecular weight is 257 g/mol. The van der Waals surface area contributed by atoms with Crippen molar-refractivity contribution >= 4 is 11.6 Å². The van der Waals surface area contributed by atoms with E-state index in [9.17, 15) is 14.9 Å². The summed E-state index contributed by atoms with van der Waals surface area (Å²) >= 11 is 0. The lowest BCUT2D eigenvalue weighted by molar-refractivity contribution is -0.385. The summed E-state index contributed by atoms with van der Waals surface area (Å²) in [6, 6.07) is 9.58. The van der Waals surface area contributed by atoms with Crippen molar-refractivity contribution in [1.82, 2.24) is 10.3 Å². The molecule has 1 amide bonds. The van der Waals surface area contributed by atoms with E-state index in [0.29, 0.717) is 11.1 Å². The summed E-state index contributed by atoms with van der Waals surface area (Å²) < 4.78 is 0. The number of nitrogens with one attached hydrogen (secondary N) is 1. The molecule has 1 N–H and O–H groups in total. The lowest BCUT2D eigenvalue weighted by Crippen LogP contribution is -2.23. The van der Waals surface area contributed by atoms with E-state index in [-0.39, 0.29) is 18.1 Å². The van der Waals surface area contributed by atoms with Gasteiger partial charge in [-0.05, 0) is 12.1 Å². The van der Waals surface area contributed by atoms with E-state index in [4.69, 9.17) is 0 Å². The van der Waals surface area contributed by atoms with E-state index < -0.39 is 4.92 Å². The Labute approximate surface area is 109 Å². The molecular formula is C13H11N3O3. The molecule has 0 saturated heterocycles. The van der Waals surface area contributed by atoms with Crippen molar-refractivity contribution in [2.45, 2.75) is 6.54 Å². The average Bonchev–Trinajstić information content (AvgIpc) is 2.46. The summed E-state index contributed by atoms with van der Waals surface area (Å²) in [5, 5.41) is 13.4. The van der Waals surface area contributed by atoms with Crippen molar-refractivity contribution < 1.29 is 9.72 Å². The maximum absolute atomic E-state index is 11.8. The number of benzene rings is 1. The van der Waals surface area contributed by atoms with E-state index >= 15 is 0 Å². The monoisotopic (exact) mass is 257 g/mol. The molecule has 0 spiro atoms. The summed E-state index contributed by atoms with van der Waals surface area (Å²) in [4.78, 5) is 26.0. The molecule has 2 aromatic rings. The molecule has 96 valence electrons. The predicted octanol–water partition coefficient (Wildman–Crippen LogP) is 1.92. The smallest absolute Gasteiger partial charge is 0.274 e. The van der Waals surface area contributed by atoms with Crippen LogP contribution in [0.25, 0.3) is 0 Å². The zero-order valence-corrected chi connectivity index (χ0v) is 9.95. The van der Waals surface area contributed by atoms with Crippen molar-refractivity contribution in [2.75, 3.05) is 0 Å². The summed E-state index contributed by atoms with van der Waals surface area (Å²) in [7, 11) is 0.